The van der Waals surface area contributed by atoms with Crippen LogP contribution in [0.15, 0.2) is 23.6 Å². The van der Waals surface area contributed by atoms with Crippen molar-refractivity contribution >= 4 is 22.2 Å². The smallest absolute Gasteiger partial charge is 0.227 e. The number of rotatable bonds is 1. The van der Waals surface area contributed by atoms with Gasteiger partial charge in [0.2, 0.25) is 10.9 Å². The third kappa shape index (κ3) is 1.51. The van der Waals surface area contributed by atoms with E-state index in [0.29, 0.717) is 5.95 Å². The van der Waals surface area contributed by atoms with Gasteiger partial charge in [-0.1, -0.05) is 23.8 Å². The average molecular weight is 244 g/mol. The minimum absolute atomic E-state index is 0.441. The van der Waals surface area contributed by atoms with E-state index in [9.17, 15) is 0 Å². The van der Waals surface area contributed by atoms with E-state index in [0.717, 1.165) is 10.7 Å². The first-order valence-electron chi connectivity index (χ1n) is 5.32. The number of fused-ring (bicyclic) bond motifs is 1. The number of aromatic nitrogens is 3. The molecule has 0 aliphatic heterocycles. The number of benzene rings is 1. The molecule has 4 nitrogen and oxygen atoms in total. The minimum Gasteiger partial charge on any atom is -0.368 e. The summed E-state index contributed by atoms with van der Waals surface area (Å²) >= 11 is 1.55. The van der Waals surface area contributed by atoms with Crippen molar-refractivity contribution in [2.75, 3.05) is 5.73 Å². The molecule has 5 heteroatoms. The summed E-state index contributed by atoms with van der Waals surface area (Å²) in [6.07, 6.45) is 0. The number of hydrogen-bond acceptors (Lipinski definition) is 4. The van der Waals surface area contributed by atoms with Crippen molar-refractivity contribution in [3.8, 4) is 11.3 Å². The van der Waals surface area contributed by atoms with Crippen molar-refractivity contribution in [1.82, 2.24) is 14.6 Å². The maximum Gasteiger partial charge on any atom is 0.227 e. The zero-order valence-electron chi connectivity index (χ0n) is 9.64. The molecule has 2 heterocycles. The highest BCUT2D eigenvalue weighted by molar-refractivity contribution is 7.15. The standard InChI is InChI=1S/C12H12N4S/c1-7-3-4-9(8(2)5-7)10-6-17-12-15-14-11(13)16(10)12/h3-6H,1-2H3,(H2,13,14). The molecule has 3 aromatic rings. The van der Waals surface area contributed by atoms with E-state index >= 15 is 0 Å². The molecule has 0 amide bonds. The van der Waals surface area contributed by atoms with E-state index in [1.165, 1.54) is 16.7 Å². The molecule has 86 valence electrons. The molecule has 0 aliphatic rings. The van der Waals surface area contributed by atoms with E-state index in [4.69, 9.17) is 5.73 Å². The van der Waals surface area contributed by atoms with E-state index in [-0.39, 0.29) is 0 Å². The van der Waals surface area contributed by atoms with Crippen molar-refractivity contribution in [2.24, 2.45) is 0 Å². The molecular weight excluding hydrogens is 232 g/mol. The molecule has 0 radical (unpaired) electrons. The predicted octanol–water partition coefficient (Wildman–Crippen LogP) is 2.66. The molecule has 2 N–H and O–H groups in total. The highest BCUT2D eigenvalue weighted by Gasteiger charge is 2.12. The van der Waals surface area contributed by atoms with Gasteiger partial charge in [-0.3, -0.25) is 4.40 Å². The van der Waals surface area contributed by atoms with Gasteiger partial charge in [0.1, 0.15) is 0 Å². The van der Waals surface area contributed by atoms with E-state index in [1.54, 1.807) is 11.3 Å². The minimum atomic E-state index is 0.441. The van der Waals surface area contributed by atoms with Crippen LogP contribution in [0.5, 0.6) is 0 Å². The Bertz CT molecular complexity index is 696. The molecule has 1 aromatic carbocycles. The molecule has 3 rings (SSSR count). The number of hydrogen-bond donors (Lipinski definition) is 1. The number of nitrogens with zero attached hydrogens (tertiary/aromatic N) is 3. The summed E-state index contributed by atoms with van der Waals surface area (Å²) in [5.74, 6) is 0.441. The fourth-order valence-corrected chi connectivity index (χ4v) is 2.86. The van der Waals surface area contributed by atoms with Gasteiger partial charge in [0.15, 0.2) is 0 Å². The van der Waals surface area contributed by atoms with Crippen molar-refractivity contribution in [2.45, 2.75) is 13.8 Å². The Morgan fingerprint density at radius 1 is 1.24 bits per heavy atom. The zero-order chi connectivity index (χ0) is 12.0. The summed E-state index contributed by atoms with van der Waals surface area (Å²) in [6.45, 7) is 4.19. The molecule has 17 heavy (non-hydrogen) atoms. The first-order valence-corrected chi connectivity index (χ1v) is 6.20. The topological polar surface area (TPSA) is 56.2 Å². The first-order chi connectivity index (χ1) is 8.16. The van der Waals surface area contributed by atoms with Gasteiger partial charge in [0.25, 0.3) is 0 Å². The third-order valence-corrected chi connectivity index (χ3v) is 3.65. The van der Waals surface area contributed by atoms with Crippen LogP contribution in [0.2, 0.25) is 0 Å². The van der Waals surface area contributed by atoms with Crippen molar-refractivity contribution in [3.63, 3.8) is 0 Å². The quantitative estimate of drug-likeness (QED) is 0.716. The normalized spacial score (nSPS) is 11.2. The summed E-state index contributed by atoms with van der Waals surface area (Å²) in [6, 6.07) is 6.39. The highest BCUT2D eigenvalue weighted by atomic mass is 32.1. The number of nitrogens with two attached hydrogens (primary N) is 1. The summed E-state index contributed by atoms with van der Waals surface area (Å²) < 4.78 is 1.89. The lowest BCUT2D eigenvalue weighted by atomic mass is 10.0. The van der Waals surface area contributed by atoms with Crippen LogP contribution < -0.4 is 5.73 Å². The van der Waals surface area contributed by atoms with Crippen molar-refractivity contribution in [3.05, 3.63) is 34.7 Å². The van der Waals surface area contributed by atoms with Gasteiger partial charge in [0.05, 0.1) is 5.69 Å². The van der Waals surface area contributed by atoms with Crippen LogP contribution in [0.4, 0.5) is 5.95 Å². The summed E-state index contributed by atoms with van der Waals surface area (Å²) in [5, 5.41) is 9.98. The van der Waals surface area contributed by atoms with Gasteiger partial charge in [0, 0.05) is 10.9 Å². The maximum absolute atomic E-state index is 5.83. The molecule has 0 unspecified atom stereocenters. The van der Waals surface area contributed by atoms with E-state index < -0.39 is 0 Å². The fourth-order valence-electron chi connectivity index (χ4n) is 2.03. The van der Waals surface area contributed by atoms with Crippen LogP contribution in [-0.2, 0) is 0 Å². The average Bonchev–Trinajstić information content (AvgIpc) is 2.83. The Morgan fingerprint density at radius 3 is 2.82 bits per heavy atom. The zero-order valence-corrected chi connectivity index (χ0v) is 10.5. The van der Waals surface area contributed by atoms with Gasteiger partial charge in [-0.2, -0.15) is 0 Å². The second kappa shape index (κ2) is 3.56. The maximum atomic E-state index is 5.83. The Morgan fingerprint density at radius 2 is 2.06 bits per heavy atom. The lowest BCUT2D eigenvalue weighted by Crippen LogP contribution is -1.96. The van der Waals surface area contributed by atoms with Gasteiger partial charge >= 0.3 is 0 Å². The molecular formula is C12H12N4S. The van der Waals surface area contributed by atoms with Crippen LogP contribution in [0, 0.1) is 13.8 Å². The second-order valence-corrected chi connectivity index (χ2v) is 4.95. The van der Waals surface area contributed by atoms with Gasteiger partial charge in [-0.05, 0) is 19.4 Å². The number of nitrogen functional groups attached to an aromatic ring is 1. The third-order valence-electron chi connectivity index (χ3n) is 2.83. The predicted molar refractivity (Wildman–Crippen MR) is 70.2 cm³/mol. The van der Waals surface area contributed by atoms with Crippen LogP contribution in [0.3, 0.4) is 0 Å². The van der Waals surface area contributed by atoms with Crippen LogP contribution >= 0.6 is 11.3 Å². The van der Waals surface area contributed by atoms with E-state index in [2.05, 4.69) is 47.6 Å². The lowest BCUT2D eigenvalue weighted by Gasteiger charge is -2.06. The first kappa shape index (κ1) is 10.3. The van der Waals surface area contributed by atoms with Crippen LogP contribution in [-0.4, -0.2) is 14.6 Å². The van der Waals surface area contributed by atoms with Gasteiger partial charge < -0.3 is 5.73 Å². The molecule has 0 spiro atoms. The van der Waals surface area contributed by atoms with Crippen LogP contribution in [0.1, 0.15) is 11.1 Å². The monoisotopic (exact) mass is 244 g/mol. The molecule has 0 saturated heterocycles. The molecule has 0 aliphatic carbocycles. The Labute approximate surface area is 103 Å². The molecule has 0 fully saturated rings. The highest BCUT2D eigenvalue weighted by Crippen LogP contribution is 2.29. The molecule has 0 bridgehead atoms. The van der Waals surface area contributed by atoms with Crippen LogP contribution in [0.25, 0.3) is 16.2 Å². The van der Waals surface area contributed by atoms with Crippen molar-refractivity contribution in [1.29, 1.82) is 0 Å². The molecule has 0 saturated carbocycles. The lowest BCUT2D eigenvalue weighted by molar-refractivity contribution is 1.12. The summed E-state index contributed by atoms with van der Waals surface area (Å²) in [4.78, 5) is 0.831. The second-order valence-electron chi connectivity index (χ2n) is 4.12. The van der Waals surface area contributed by atoms with Gasteiger partial charge in [-0.15, -0.1) is 21.5 Å². The van der Waals surface area contributed by atoms with E-state index in [1.807, 2.05) is 4.40 Å². The fraction of sp³-hybridized carbons (Fsp3) is 0.167. The molecule has 2 aromatic heterocycles. The van der Waals surface area contributed by atoms with Crippen molar-refractivity contribution < 1.29 is 0 Å². The number of thiazole rings is 1. The SMILES string of the molecule is Cc1ccc(-c2csc3nnc(N)n23)c(C)c1. The van der Waals surface area contributed by atoms with Gasteiger partial charge in [-0.25, -0.2) is 0 Å². The Hall–Kier alpha value is -1.88. The Kier molecular flexibility index (Phi) is 2.16. The number of aryl methyl sites for hydroxylation is 2. The summed E-state index contributed by atoms with van der Waals surface area (Å²) in [5.41, 5.74) is 10.6. The number of anilines is 1. The molecule has 0 atom stereocenters. The largest absolute Gasteiger partial charge is 0.368 e. The summed E-state index contributed by atoms with van der Waals surface area (Å²) in [7, 11) is 0. The Balaban J connectivity index is 2.30.